The Morgan fingerprint density at radius 3 is 2.38 bits per heavy atom. The molecule has 3 rings (SSSR count). The molecule has 15 heteroatoms. The second-order valence-electron chi connectivity index (χ2n) is 6.77. The van der Waals surface area contributed by atoms with Crippen molar-refractivity contribution in [1.29, 1.82) is 0 Å². The maximum atomic E-state index is 12.9. The van der Waals surface area contributed by atoms with Crippen molar-refractivity contribution in [3.05, 3.63) is 52.0 Å². The number of carbonyl (C=O) groups excluding carboxylic acids is 3. The lowest BCUT2D eigenvalue weighted by Gasteiger charge is -2.11. The number of aromatic hydroxyl groups is 1. The number of hydrogen-bond donors (Lipinski definition) is 4. The second-order valence-corrected chi connectivity index (χ2v) is 7.83. The molecule has 3 aromatic rings. The minimum Gasteiger partial charge on any atom is -0.506 e. The molecule has 11 nitrogen and oxygen atoms in total. The molecule has 0 aliphatic carbocycles. The molecule has 0 aliphatic heterocycles. The van der Waals surface area contributed by atoms with Gasteiger partial charge in [-0.2, -0.15) is 13.2 Å². The van der Waals surface area contributed by atoms with E-state index in [4.69, 9.17) is 0 Å². The van der Waals surface area contributed by atoms with E-state index >= 15 is 0 Å². The lowest BCUT2D eigenvalue weighted by Crippen LogP contribution is -2.27. The van der Waals surface area contributed by atoms with E-state index in [1.807, 2.05) is 0 Å². The highest BCUT2D eigenvalue weighted by molar-refractivity contribution is 7.13. The van der Waals surface area contributed by atoms with Gasteiger partial charge in [-0.3, -0.25) is 14.4 Å². The molecule has 0 radical (unpaired) electrons. The fraction of sp³-hybridized carbons (Fsp3) is 0.211. The third kappa shape index (κ3) is 6.00. The molecule has 34 heavy (non-hydrogen) atoms. The van der Waals surface area contributed by atoms with Crippen molar-refractivity contribution in [3.8, 4) is 5.75 Å². The monoisotopic (exact) mass is 495 g/mol. The van der Waals surface area contributed by atoms with Crippen LogP contribution in [0.5, 0.6) is 5.75 Å². The fourth-order valence-corrected chi connectivity index (χ4v) is 3.39. The van der Waals surface area contributed by atoms with Crippen molar-refractivity contribution in [2.75, 3.05) is 10.6 Å². The van der Waals surface area contributed by atoms with Crippen molar-refractivity contribution in [3.63, 3.8) is 0 Å². The van der Waals surface area contributed by atoms with Gasteiger partial charge in [0.05, 0.1) is 18.4 Å². The number of hydrogen-bond acceptors (Lipinski definition) is 9. The molecule has 1 atom stereocenters. The number of carbonyl (C=O) groups is 3. The van der Waals surface area contributed by atoms with E-state index < -0.39 is 41.2 Å². The van der Waals surface area contributed by atoms with Gasteiger partial charge in [-0.05, 0) is 13.0 Å². The number of nitrogens with zero attached hydrogens (tertiary/aromatic N) is 4. The molecule has 0 bridgehead atoms. The summed E-state index contributed by atoms with van der Waals surface area (Å²) in [6.07, 6.45) is -1.94. The highest BCUT2D eigenvalue weighted by Crippen LogP contribution is 2.36. The van der Waals surface area contributed by atoms with Gasteiger partial charge in [0, 0.05) is 13.0 Å². The largest absolute Gasteiger partial charge is 0.506 e. The first-order valence-corrected chi connectivity index (χ1v) is 10.2. The smallest absolute Gasteiger partial charge is 0.420 e. The standard InChI is InChI=1S/C19H16F3N7O4S/c1-8(27-16(32)11-4-15(26-7-25-11)28-9(2)30)18-24-6-13(34-18)17(33)29-14-3-10(19(20,21)22)12(31)5-23-14/h3-8,31H,1-2H3,(H,27,32)(H,23,29,33)(H,25,26,28,30). The molecule has 0 fully saturated rings. The van der Waals surface area contributed by atoms with Crippen LogP contribution in [0, 0.1) is 0 Å². The number of aromatic nitrogens is 4. The Balaban J connectivity index is 1.67. The number of nitrogens with one attached hydrogen (secondary N) is 3. The van der Waals surface area contributed by atoms with Gasteiger partial charge in [0.25, 0.3) is 11.8 Å². The first kappa shape index (κ1) is 24.5. The molecule has 1 unspecified atom stereocenters. The van der Waals surface area contributed by atoms with Crippen molar-refractivity contribution < 1.29 is 32.7 Å². The summed E-state index contributed by atoms with van der Waals surface area (Å²) < 4.78 is 38.7. The predicted octanol–water partition coefficient (Wildman–Crippen LogP) is 2.75. The van der Waals surface area contributed by atoms with Crippen LogP contribution >= 0.6 is 11.3 Å². The summed E-state index contributed by atoms with van der Waals surface area (Å²) in [4.78, 5) is 51.3. The molecule has 178 valence electrons. The van der Waals surface area contributed by atoms with Crippen molar-refractivity contribution in [1.82, 2.24) is 25.3 Å². The van der Waals surface area contributed by atoms with E-state index in [9.17, 15) is 32.7 Å². The number of amides is 3. The van der Waals surface area contributed by atoms with Crippen LogP contribution in [0.25, 0.3) is 0 Å². The SMILES string of the molecule is CC(=O)Nc1cc(C(=O)NC(C)c2ncc(C(=O)Nc3cc(C(F)(F)F)c(O)cn3)s2)ncn1. The molecule has 3 aromatic heterocycles. The molecular weight excluding hydrogens is 479 g/mol. The summed E-state index contributed by atoms with van der Waals surface area (Å²) in [5, 5.41) is 16.9. The van der Waals surface area contributed by atoms with Crippen LogP contribution in [0.2, 0.25) is 0 Å². The van der Waals surface area contributed by atoms with Gasteiger partial charge in [0.1, 0.15) is 44.9 Å². The highest BCUT2D eigenvalue weighted by atomic mass is 32.1. The fourth-order valence-electron chi connectivity index (χ4n) is 2.58. The van der Waals surface area contributed by atoms with E-state index in [1.165, 1.54) is 19.2 Å². The molecule has 0 aromatic carbocycles. The summed E-state index contributed by atoms with van der Waals surface area (Å²) in [7, 11) is 0. The second kappa shape index (κ2) is 9.78. The van der Waals surface area contributed by atoms with Gasteiger partial charge >= 0.3 is 6.18 Å². The minimum atomic E-state index is -4.83. The number of anilines is 2. The Kier molecular flexibility index (Phi) is 7.05. The zero-order chi connectivity index (χ0) is 25.0. The quantitative estimate of drug-likeness (QED) is 0.406. The zero-order valence-corrected chi connectivity index (χ0v) is 18.3. The lowest BCUT2D eigenvalue weighted by molar-refractivity contribution is -0.138. The Bertz CT molecular complexity index is 1250. The topological polar surface area (TPSA) is 159 Å². The van der Waals surface area contributed by atoms with Gasteiger partial charge in [-0.1, -0.05) is 0 Å². The first-order chi connectivity index (χ1) is 15.9. The zero-order valence-electron chi connectivity index (χ0n) is 17.5. The number of alkyl halides is 3. The first-order valence-electron chi connectivity index (χ1n) is 9.38. The molecule has 0 spiro atoms. The van der Waals surface area contributed by atoms with Gasteiger partial charge < -0.3 is 21.1 Å². The average molecular weight is 495 g/mol. The Labute approximate surface area is 193 Å². The molecule has 0 saturated carbocycles. The lowest BCUT2D eigenvalue weighted by atomic mass is 10.2. The highest BCUT2D eigenvalue weighted by Gasteiger charge is 2.34. The summed E-state index contributed by atoms with van der Waals surface area (Å²) in [6.45, 7) is 2.89. The van der Waals surface area contributed by atoms with E-state index in [0.29, 0.717) is 17.3 Å². The van der Waals surface area contributed by atoms with Gasteiger partial charge in [0.15, 0.2) is 0 Å². The number of halogens is 3. The minimum absolute atomic E-state index is 0.0148. The van der Waals surface area contributed by atoms with Crippen LogP contribution in [0.3, 0.4) is 0 Å². The maximum Gasteiger partial charge on any atom is 0.420 e. The molecular formula is C19H16F3N7O4S. The van der Waals surface area contributed by atoms with Crippen LogP contribution in [0.15, 0.2) is 30.9 Å². The summed E-state index contributed by atoms with van der Waals surface area (Å²) >= 11 is 0.903. The third-order valence-corrected chi connectivity index (χ3v) is 5.28. The number of pyridine rings is 1. The Morgan fingerprint density at radius 1 is 1.00 bits per heavy atom. The summed E-state index contributed by atoms with van der Waals surface area (Å²) in [6, 6.07) is 1.14. The molecule has 0 saturated heterocycles. The van der Waals surface area contributed by atoms with E-state index in [0.717, 1.165) is 17.7 Å². The van der Waals surface area contributed by atoms with E-state index in [1.54, 1.807) is 6.92 Å². The van der Waals surface area contributed by atoms with Crippen LogP contribution < -0.4 is 16.0 Å². The van der Waals surface area contributed by atoms with Crippen LogP contribution in [0.1, 0.15) is 50.6 Å². The van der Waals surface area contributed by atoms with Gasteiger partial charge in [-0.15, -0.1) is 11.3 Å². The summed E-state index contributed by atoms with van der Waals surface area (Å²) in [5.74, 6) is -3.07. The Hall–Kier alpha value is -4.14. The normalized spacial score (nSPS) is 12.0. The molecule has 0 aliphatic rings. The van der Waals surface area contributed by atoms with Crippen LogP contribution in [-0.4, -0.2) is 42.8 Å². The van der Waals surface area contributed by atoms with Gasteiger partial charge in [-0.25, -0.2) is 19.9 Å². The van der Waals surface area contributed by atoms with Crippen molar-refractivity contribution in [2.45, 2.75) is 26.1 Å². The van der Waals surface area contributed by atoms with E-state index in [2.05, 4.69) is 35.9 Å². The average Bonchev–Trinajstić information content (AvgIpc) is 3.24. The van der Waals surface area contributed by atoms with E-state index in [-0.39, 0.29) is 22.3 Å². The third-order valence-electron chi connectivity index (χ3n) is 4.10. The summed E-state index contributed by atoms with van der Waals surface area (Å²) in [5.41, 5.74) is -1.36. The van der Waals surface area contributed by atoms with Crippen molar-refractivity contribution in [2.24, 2.45) is 0 Å². The molecule has 3 amide bonds. The number of rotatable bonds is 6. The van der Waals surface area contributed by atoms with Crippen LogP contribution in [0.4, 0.5) is 24.8 Å². The maximum absolute atomic E-state index is 12.9. The molecule has 4 N–H and O–H groups in total. The number of thiazole rings is 1. The predicted molar refractivity (Wildman–Crippen MR) is 113 cm³/mol. The van der Waals surface area contributed by atoms with Crippen LogP contribution in [-0.2, 0) is 11.0 Å². The van der Waals surface area contributed by atoms with Gasteiger partial charge in [0.2, 0.25) is 5.91 Å². The molecule has 3 heterocycles. The van der Waals surface area contributed by atoms with Crippen molar-refractivity contribution >= 4 is 40.7 Å². The Morgan fingerprint density at radius 2 is 1.71 bits per heavy atom.